The molecule has 1 fully saturated rings. The Morgan fingerprint density at radius 3 is 2.62 bits per heavy atom. The zero-order chi connectivity index (χ0) is 22.5. The minimum absolute atomic E-state index is 0.0287. The largest absolute Gasteiger partial charge is 0.379 e. The second kappa shape index (κ2) is 9.62. The molecule has 2 aromatic carbocycles. The molecular weight excluding hydrogens is 414 g/mol. The average molecular weight is 437 g/mol. The Labute approximate surface area is 184 Å². The number of benzene rings is 2. The van der Waals surface area contributed by atoms with Crippen LogP contribution in [0.2, 0.25) is 0 Å². The summed E-state index contributed by atoms with van der Waals surface area (Å²) >= 11 is 0. The quantitative estimate of drug-likeness (QED) is 0.439. The molecular formula is C21H23N7O4. The van der Waals surface area contributed by atoms with Gasteiger partial charge < -0.3 is 10.1 Å². The van der Waals surface area contributed by atoms with Crippen LogP contribution in [0.25, 0.3) is 11.4 Å². The Morgan fingerprint density at radius 1 is 1.19 bits per heavy atom. The van der Waals surface area contributed by atoms with Gasteiger partial charge in [-0.15, -0.1) is 10.2 Å². The Morgan fingerprint density at radius 2 is 1.94 bits per heavy atom. The number of hydrogen-bond acceptors (Lipinski definition) is 8. The second-order valence-electron chi connectivity index (χ2n) is 7.53. The normalized spacial score (nSPS) is 14.3. The van der Waals surface area contributed by atoms with E-state index >= 15 is 0 Å². The number of tetrazole rings is 1. The van der Waals surface area contributed by atoms with Crippen molar-refractivity contribution in [3.05, 3.63) is 63.7 Å². The minimum Gasteiger partial charge on any atom is -0.379 e. The summed E-state index contributed by atoms with van der Waals surface area (Å²) in [5.74, 6) is 0.0778. The van der Waals surface area contributed by atoms with Gasteiger partial charge >= 0.3 is 0 Å². The van der Waals surface area contributed by atoms with Crippen LogP contribution in [0.3, 0.4) is 0 Å². The summed E-state index contributed by atoms with van der Waals surface area (Å²) in [5, 5.41) is 25.8. The van der Waals surface area contributed by atoms with E-state index in [2.05, 4.69) is 25.6 Å². The molecule has 11 nitrogen and oxygen atoms in total. The highest BCUT2D eigenvalue weighted by Gasteiger charge is 2.14. The van der Waals surface area contributed by atoms with Crippen LogP contribution in [0.4, 0.5) is 11.4 Å². The van der Waals surface area contributed by atoms with Gasteiger partial charge in [-0.1, -0.05) is 24.3 Å². The number of anilines is 1. The van der Waals surface area contributed by atoms with Gasteiger partial charge in [-0.25, -0.2) is 0 Å². The number of nitro groups is 1. The summed E-state index contributed by atoms with van der Waals surface area (Å²) in [7, 11) is 0. The van der Waals surface area contributed by atoms with E-state index in [1.165, 1.54) is 28.6 Å². The van der Waals surface area contributed by atoms with Crippen molar-refractivity contribution >= 4 is 17.3 Å². The summed E-state index contributed by atoms with van der Waals surface area (Å²) in [6.07, 6.45) is 0. The van der Waals surface area contributed by atoms with Crippen LogP contribution in [-0.4, -0.2) is 62.2 Å². The molecule has 11 heteroatoms. The van der Waals surface area contributed by atoms with Crippen LogP contribution < -0.4 is 5.32 Å². The summed E-state index contributed by atoms with van der Waals surface area (Å²) in [4.78, 5) is 26.3. The Balaban J connectivity index is 1.35. The molecule has 1 amide bonds. The van der Waals surface area contributed by atoms with E-state index in [-0.39, 0.29) is 18.1 Å². The molecule has 0 bridgehead atoms. The van der Waals surface area contributed by atoms with Gasteiger partial charge in [0.1, 0.15) is 6.54 Å². The molecule has 32 heavy (non-hydrogen) atoms. The van der Waals surface area contributed by atoms with Gasteiger partial charge in [0.2, 0.25) is 11.7 Å². The molecule has 0 unspecified atom stereocenters. The molecule has 0 spiro atoms. The highest BCUT2D eigenvalue weighted by Crippen LogP contribution is 2.21. The lowest BCUT2D eigenvalue weighted by Crippen LogP contribution is -2.35. The lowest BCUT2D eigenvalue weighted by Gasteiger charge is -2.26. The Kier molecular flexibility index (Phi) is 6.47. The van der Waals surface area contributed by atoms with Crippen molar-refractivity contribution in [3.63, 3.8) is 0 Å². The summed E-state index contributed by atoms with van der Waals surface area (Å²) in [6.45, 7) is 5.82. The van der Waals surface area contributed by atoms with Crippen molar-refractivity contribution in [2.75, 3.05) is 31.6 Å². The van der Waals surface area contributed by atoms with Crippen LogP contribution in [0.15, 0.2) is 42.5 Å². The standard InChI is InChI=1S/C21H23N7O4/c1-15-12-18(28(30)31)6-7-19(15)22-20(29)14-27-24-21(23-25-27)17-4-2-16(3-5-17)13-26-8-10-32-11-9-26/h2-7,12H,8-11,13-14H2,1H3,(H,22,29). The molecule has 3 aromatic rings. The predicted molar refractivity (Wildman–Crippen MR) is 116 cm³/mol. The molecule has 0 radical (unpaired) electrons. The summed E-state index contributed by atoms with van der Waals surface area (Å²) in [5.41, 5.74) is 3.07. The first-order valence-corrected chi connectivity index (χ1v) is 10.2. The van der Waals surface area contributed by atoms with Crippen LogP contribution in [-0.2, 0) is 22.6 Å². The molecule has 1 saturated heterocycles. The maximum atomic E-state index is 12.3. The molecule has 0 aliphatic carbocycles. The molecule has 4 rings (SSSR count). The zero-order valence-electron chi connectivity index (χ0n) is 17.6. The van der Waals surface area contributed by atoms with Crippen molar-refractivity contribution in [3.8, 4) is 11.4 Å². The number of carbonyl (C=O) groups excluding carboxylic acids is 1. The number of nitrogens with one attached hydrogen (secondary N) is 1. The molecule has 166 valence electrons. The Bertz CT molecular complexity index is 1110. The van der Waals surface area contributed by atoms with E-state index in [9.17, 15) is 14.9 Å². The topological polar surface area (TPSA) is 128 Å². The number of amides is 1. The zero-order valence-corrected chi connectivity index (χ0v) is 17.6. The molecule has 0 atom stereocenters. The van der Waals surface area contributed by atoms with Crippen LogP contribution in [0.5, 0.6) is 0 Å². The average Bonchev–Trinajstić information content (AvgIpc) is 3.24. The van der Waals surface area contributed by atoms with Crippen molar-refractivity contribution < 1.29 is 14.5 Å². The summed E-state index contributed by atoms with van der Waals surface area (Å²) < 4.78 is 5.38. The van der Waals surface area contributed by atoms with E-state index in [0.717, 1.165) is 38.4 Å². The monoisotopic (exact) mass is 437 g/mol. The highest BCUT2D eigenvalue weighted by molar-refractivity contribution is 5.91. The third-order valence-electron chi connectivity index (χ3n) is 5.15. The number of rotatable bonds is 7. The van der Waals surface area contributed by atoms with Gasteiger partial charge in [0.05, 0.1) is 18.1 Å². The lowest BCUT2D eigenvalue weighted by molar-refractivity contribution is -0.384. The van der Waals surface area contributed by atoms with Gasteiger partial charge in [-0.3, -0.25) is 19.8 Å². The fourth-order valence-corrected chi connectivity index (χ4v) is 3.42. The van der Waals surface area contributed by atoms with E-state index in [0.29, 0.717) is 17.1 Å². The van der Waals surface area contributed by atoms with E-state index in [1.807, 2.05) is 24.3 Å². The van der Waals surface area contributed by atoms with Gasteiger partial charge in [-0.2, -0.15) is 4.80 Å². The number of non-ortho nitro benzene ring substituents is 1. The molecule has 1 aliphatic rings. The van der Waals surface area contributed by atoms with Crippen LogP contribution >= 0.6 is 0 Å². The fourth-order valence-electron chi connectivity index (χ4n) is 3.42. The van der Waals surface area contributed by atoms with Crippen molar-refractivity contribution in [1.82, 2.24) is 25.1 Å². The van der Waals surface area contributed by atoms with Gasteiger partial charge in [0.15, 0.2) is 0 Å². The maximum absolute atomic E-state index is 12.3. The third kappa shape index (κ3) is 5.31. The van der Waals surface area contributed by atoms with Crippen LogP contribution in [0, 0.1) is 17.0 Å². The molecule has 1 aliphatic heterocycles. The van der Waals surface area contributed by atoms with E-state index in [1.54, 1.807) is 6.92 Å². The number of morpholine rings is 1. The summed E-state index contributed by atoms with van der Waals surface area (Å²) in [6, 6.07) is 12.2. The predicted octanol–water partition coefficient (Wildman–Crippen LogP) is 2.03. The number of carbonyl (C=O) groups is 1. The van der Waals surface area contributed by atoms with Crippen molar-refractivity contribution in [2.24, 2.45) is 0 Å². The first-order chi connectivity index (χ1) is 15.5. The van der Waals surface area contributed by atoms with Gasteiger partial charge in [-0.05, 0) is 29.3 Å². The first-order valence-electron chi connectivity index (χ1n) is 10.2. The second-order valence-corrected chi connectivity index (χ2v) is 7.53. The van der Waals surface area contributed by atoms with E-state index < -0.39 is 4.92 Å². The number of nitrogens with zero attached hydrogens (tertiary/aromatic N) is 6. The highest BCUT2D eigenvalue weighted by atomic mass is 16.6. The first kappa shape index (κ1) is 21.5. The molecule has 1 aromatic heterocycles. The Hall–Kier alpha value is -3.70. The SMILES string of the molecule is Cc1cc([N+](=O)[O-])ccc1NC(=O)Cn1nnc(-c2ccc(CN3CCOCC3)cc2)n1. The number of aromatic nitrogens is 4. The molecule has 1 N–H and O–H groups in total. The van der Waals surface area contributed by atoms with Gasteiger partial charge in [0.25, 0.3) is 5.69 Å². The maximum Gasteiger partial charge on any atom is 0.269 e. The minimum atomic E-state index is -0.478. The number of nitro benzene ring substituents is 1. The number of hydrogen-bond donors (Lipinski definition) is 1. The molecule has 0 saturated carbocycles. The smallest absolute Gasteiger partial charge is 0.269 e. The number of ether oxygens (including phenoxy) is 1. The van der Waals surface area contributed by atoms with Crippen molar-refractivity contribution in [2.45, 2.75) is 20.0 Å². The van der Waals surface area contributed by atoms with Gasteiger partial charge in [0, 0.05) is 43.0 Å². The van der Waals surface area contributed by atoms with Crippen molar-refractivity contribution in [1.29, 1.82) is 0 Å². The third-order valence-corrected chi connectivity index (χ3v) is 5.15. The van der Waals surface area contributed by atoms with Crippen LogP contribution in [0.1, 0.15) is 11.1 Å². The van der Waals surface area contributed by atoms with E-state index in [4.69, 9.17) is 4.74 Å². The number of aryl methyl sites for hydroxylation is 1. The fraction of sp³-hybridized carbons (Fsp3) is 0.333. The lowest BCUT2D eigenvalue weighted by atomic mass is 10.1. The molecule has 2 heterocycles.